The van der Waals surface area contributed by atoms with E-state index in [1.54, 1.807) is 0 Å². The van der Waals surface area contributed by atoms with E-state index in [4.69, 9.17) is 0 Å². The summed E-state index contributed by atoms with van der Waals surface area (Å²) in [4.78, 5) is 0. The molecule has 0 saturated heterocycles. The number of hydrogen-bond acceptors (Lipinski definition) is 2. The highest BCUT2D eigenvalue weighted by Gasteiger charge is 2.15. The first-order chi connectivity index (χ1) is 19.7. The Balaban J connectivity index is 1.27. The van der Waals surface area contributed by atoms with E-state index >= 15 is 0 Å². The lowest BCUT2D eigenvalue weighted by molar-refractivity contribution is 1.21. The van der Waals surface area contributed by atoms with E-state index in [0.717, 1.165) is 6.42 Å². The van der Waals surface area contributed by atoms with Gasteiger partial charge in [-0.2, -0.15) is 0 Å². The fourth-order valence-corrected chi connectivity index (χ4v) is 8.61. The summed E-state index contributed by atoms with van der Waals surface area (Å²) < 4.78 is 5.45. The second-order valence-corrected chi connectivity index (χ2v) is 12.8. The Hall–Kier alpha value is -4.24. The summed E-state index contributed by atoms with van der Waals surface area (Å²) in [5.74, 6) is 0. The van der Waals surface area contributed by atoms with Gasteiger partial charge >= 0.3 is 0 Å². The molecule has 8 rings (SSSR count). The third kappa shape index (κ3) is 3.95. The van der Waals surface area contributed by atoms with Gasteiger partial charge in [0.25, 0.3) is 0 Å². The Morgan fingerprint density at radius 3 is 2.00 bits per heavy atom. The fraction of sp³-hybridized carbons (Fsp3) is 0.0526. The highest BCUT2D eigenvalue weighted by molar-refractivity contribution is 7.26. The van der Waals surface area contributed by atoms with E-state index in [0.29, 0.717) is 0 Å². The van der Waals surface area contributed by atoms with Crippen LogP contribution in [0.2, 0.25) is 0 Å². The minimum Gasteiger partial charge on any atom is -0.135 e. The minimum absolute atomic E-state index is 0.911. The molecule has 0 aliphatic rings. The summed E-state index contributed by atoms with van der Waals surface area (Å²) >= 11 is 3.82. The van der Waals surface area contributed by atoms with Gasteiger partial charge in [0.1, 0.15) is 0 Å². The van der Waals surface area contributed by atoms with E-state index in [2.05, 4.69) is 134 Å². The first kappa shape index (κ1) is 23.6. The molecule has 8 aromatic rings. The lowest BCUT2D eigenvalue weighted by Crippen LogP contribution is -1.90. The standard InChI is InChI=1S/C38H26S2/c1-24-18-31(27-10-4-2-5-11-27)37-30-17-16-25(23-35(30)39-36(37)19-24)20-26-21-32(28-12-6-3-7-13-28)38-33(22-26)29-14-8-9-15-34(29)40-38/h2-19,21-23H,20H2,1H3. The first-order valence-corrected chi connectivity index (χ1v) is 15.4. The molecule has 6 aromatic carbocycles. The Bertz CT molecular complexity index is 2180. The van der Waals surface area contributed by atoms with Gasteiger partial charge in [0.2, 0.25) is 0 Å². The number of aryl methyl sites for hydroxylation is 1. The second kappa shape index (κ2) is 9.45. The van der Waals surface area contributed by atoms with Crippen LogP contribution in [0.4, 0.5) is 0 Å². The largest absolute Gasteiger partial charge is 0.135 e. The molecule has 0 radical (unpaired) electrons. The zero-order valence-corrected chi connectivity index (χ0v) is 23.8. The average molecular weight is 547 g/mol. The van der Waals surface area contributed by atoms with Crippen LogP contribution in [0.3, 0.4) is 0 Å². The summed E-state index contributed by atoms with van der Waals surface area (Å²) in [5, 5.41) is 5.45. The molecule has 0 bridgehead atoms. The van der Waals surface area contributed by atoms with Gasteiger partial charge in [-0.25, -0.2) is 0 Å². The van der Waals surface area contributed by atoms with Gasteiger partial charge in [0.15, 0.2) is 0 Å². The normalized spacial score (nSPS) is 11.7. The maximum Gasteiger partial charge on any atom is 0.0434 e. The fourth-order valence-electron chi connectivity index (χ4n) is 6.10. The van der Waals surface area contributed by atoms with Gasteiger partial charge < -0.3 is 0 Å². The molecule has 190 valence electrons. The molecule has 0 amide bonds. The van der Waals surface area contributed by atoms with Gasteiger partial charge in [0, 0.05) is 40.3 Å². The predicted molar refractivity (Wildman–Crippen MR) is 177 cm³/mol. The van der Waals surface area contributed by atoms with Crippen molar-refractivity contribution in [3.63, 3.8) is 0 Å². The number of fused-ring (bicyclic) bond motifs is 6. The smallest absolute Gasteiger partial charge is 0.0434 e. The molecule has 0 N–H and O–H groups in total. The van der Waals surface area contributed by atoms with Gasteiger partial charge in [-0.05, 0) is 82.6 Å². The molecule has 2 aromatic heterocycles. The lowest BCUT2D eigenvalue weighted by atomic mass is 9.95. The maximum atomic E-state index is 2.42. The second-order valence-electron chi connectivity index (χ2n) is 10.6. The summed E-state index contributed by atoms with van der Waals surface area (Å²) in [7, 11) is 0. The highest BCUT2D eigenvalue weighted by Crippen LogP contribution is 2.43. The van der Waals surface area contributed by atoms with Crippen molar-refractivity contribution in [3.8, 4) is 22.3 Å². The minimum atomic E-state index is 0.911. The molecule has 0 aliphatic heterocycles. The van der Waals surface area contributed by atoms with E-state index in [-0.39, 0.29) is 0 Å². The van der Waals surface area contributed by atoms with Crippen LogP contribution in [-0.4, -0.2) is 0 Å². The van der Waals surface area contributed by atoms with Crippen molar-refractivity contribution in [1.29, 1.82) is 0 Å². The van der Waals surface area contributed by atoms with Crippen LogP contribution in [0.1, 0.15) is 16.7 Å². The van der Waals surface area contributed by atoms with Gasteiger partial charge in [0.05, 0.1) is 0 Å². The zero-order chi connectivity index (χ0) is 26.6. The number of rotatable bonds is 4. The molecular weight excluding hydrogens is 521 g/mol. The van der Waals surface area contributed by atoms with Crippen molar-refractivity contribution >= 4 is 63.0 Å². The average Bonchev–Trinajstić information content (AvgIpc) is 3.55. The van der Waals surface area contributed by atoms with Crippen LogP contribution in [0.25, 0.3) is 62.6 Å². The van der Waals surface area contributed by atoms with E-state index in [9.17, 15) is 0 Å². The molecule has 0 aliphatic carbocycles. The predicted octanol–water partition coefficient (Wildman–Crippen LogP) is 11.7. The third-order valence-electron chi connectivity index (χ3n) is 7.90. The Kier molecular flexibility index (Phi) is 5.58. The van der Waals surface area contributed by atoms with Crippen molar-refractivity contribution in [2.24, 2.45) is 0 Å². The molecule has 0 atom stereocenters. The van der Waals surface area contributed by atoms with Crippen molar-refractivity contribution in [3.05, 3.63) is 144 Å². The van der Waals surface area contributed by atoms with E-state index < -0.39 is 0 Å². The number of benzene rings is 6. The van der Waals surface area contributed by atoms with E-state index in [1.165, 1.54) is 79.3 Å². The lowest BCUT2D eigenvalue weighted by Gasteiger charge is -2.09. The van der Waals surface area contributed by atoms with Gasteiger partial charge in [-0.3, -0.25) is 0 Å². The molecule has 0 saturated carbocycles. The molecule has 0 unspecified atom stereocenters. The van der Waals surface area contributed by atoms with Crippen LogP contribution >= 0.6 is 22.7 Å². The van der Waals surface area contributed by atoms with Crippen LogP contribution in [0.15, 0.2) is 127 Å². The topological polar surface area (TPSA) is 0 Å². The van der Waals surface area contributed by atoms with Crippen molar-refractivity contribution in [2.75, 3.05) is 0 Å². The number of thiophene rings is 2. The van der Waals surface area contributed by atoms with Gasteiger partial charge in [-0.1, -0.05) is 97.1 Å². The monoisotopic (exact) mass is 546 g/mol. The molecule has 2 heterocycles. The summed E-state index contributed by atoms with van der Waals surface area (Å²) in [6, 6.07) is 47.1. The van der Waals surface area contributed by atoms with Gasteiger partial charge in [-0.15, -0.1) is 22.7 Å². The SMILES string of the molecule is Cc1cc(-c2ccccc2)c2c(c1)sc1cc(Cc3cc(-c4ccccc4)c4sc5ccccc5c4c3)ccc12. The summed E-state index contributed by atoms with van der Waals surface area (Å²) in [6.45, 7) is 2.20. The summed E-state index contributed by atoms with van der Waals surface area (Å²) in [5.41, 5.74) is 9.25. The van der Waals surface area contributed by atoms with Crippen molar-refractivity contribution in [2.45, 2.75) is 13.3 Å². The zero-order valence-electron chi connectivity index (χ0n) is 22.1. The van der Waals surface area contributed by atoms with Crippen molar-refractivity contribution < 1.29 is 0 Å². The highest BCUT2D eigenvalue weighted by atomic mass is 32.1. The third-order valence-corrected chi connectivity index (χ3v) is 10.2. The molecular formula is C38H26S2. The molecule has 0 fully saturated rings. The molecule has 0 nitrogen and oxygen atoms in total. The summed E-state index contributed by atoms with van der Waals surface area (Å²) in [6.07, 6.45) is 0.911. The Labute approximate surface area is 241 Å². The van der Waals surface area contributed by atoms with Crippen LogP contribution in [0, 0.1) is 6.92 Å². The first-order valence-electron chi connectivity index (χ1n) is 13.7. The van der Waals surface area contributed by atoms with E-state index in [1.807, 2.05) is 22.7 Å². The molecule has 2 heteroatoms. The number of hydrogen-bond donors (Lipinski definition) is 0. The van der Waals surface area contributed by atoms with Crippen molar-refractivity contribution in [1.82, 2.24) is 0 Å². The van der Waals surface area contributed by atoms with Crippen LogP contribution in [-0.2, 0) is 6.42 Å². The Morgan fingerprint density at radius 1 is 0.475 bits per heavy atom. The van der Waals surface area contributed by atoms with Crippen LogP contribution < -0.4 is 0 Å². The van der Waals surface area contributed by atoms with Crippen LogP contribution in [0.5, 0.6) is 0 Å². The quantitative estimate of drug-likeness (QED) is 0.206. The maximum absolute atomic E-state index is 2.42. The Morgan fingerprint density at radius 2 is 1.20 bits per heavy atom. The molecule has 0 spiro atoms. The molecule has 40 heavy (non-hydrogen) atoms.